The van der Waals surface area contributed by atoms with E-state index in [4.69, 9.17) is 9.26 Å². The summed E-state index contributed by atoms with van der Waals surface area (Å²) in [6.45, 7) is 10.1. The van der Waals surface area contributed by atoms with Crippen molar-refractivity contribution in [3.63, 3.8) is 0 Å². The second-order valence-electron chi connectivity index (χ2n) is 4.95. The van der Waals surface area contributed by atoms with E-state index < -0.39 is 0 Å². The number of ether oxygens (including phenoxy) is 1. The average Bonchev–Trinajstić information content (AvgIpc) is 3.27. The number of thioether (sulfide) groups is 1. The number of carbonyl (C=O) groups is 1. The van der Waals surface area contributed by atoms with E-state index in [1.807, 2.05) is 58.2 Å². The molecule has 0 saturated carbocycles. The number of hydrogen-bond donors (Lipinski definition) is 0. The van der Waals surface area contributed by atoms with Gasteiger partial charge in [-0.05, 0) is 49.6 Å². The Morgan fingerprint density at radius 1 is 0.964 bits per heavy atom. The molecule has 28 heavy (non-hydrogen) atoms. The zero-order valence-electron chi connectivity index (χ0n) is 17.4. The van der Waals surface area contributed by atoms with Crippen molar-refractivity contribution < 1.29 is 14.1 Å². The van der Waals surface area contributed by atoms with Crippen molar-refractivity contribution in [3.05, 3.63) is 54.1 Å². The van der Waals surface area contributed by atoms with Crippen molar-refractivity contribution in [3.8, 4) is 22.8 Å². The Labute approximate surface area is 171 Å². The number of aromatic nitrogens is 2. The monoisotopic (exact) mass is 400 g/mol. The van der Waals surface area contributed by atoms with Gasteiger partial charge in [0.2, 0.25) is 5.82 Å². The van der Waals surface area contributed by atoms with Crippen LogP contribution in [0.3, 0.4) is 0 Å². The standard InChI is InChI=1S/C18H16N2O3S.2C2H6/c1-3-22-18(21)14-6-4-12(5-7-14)16-19-17(23-20-16)13-8-10-15(24-2)11-9-13;2*1-2/h4-11H,3H2,1-2H3;2*1-2H3. The maximum Gasteiger partial charge on any atom is 0.338 e. The number of nitrogens with zero attached hydrogens (tertiary/aromatic N) is 2. The van der Waals surface area contributed by atoms with Gasteiger partial charge in [-0.25, -0.2) is 4.79 Å². The molecule has 0 radical (unpaired) electrons. The van der Waals surface area contributed by atoms with Gasteiger partial charge in [-0.1, -0.05) is 45.0 Å². The molecule has 0 saturated heterocycles. The van der Waals surface area contributed by atoms with Crippen molar-refractivity contribution in [2.45, 2.75) is 39.5 Å². The summed E-state index contributed by atoms with van der Waals surface area (Å²) < 4.78 is 10.3. The zero-order chi connectivity index (χ0) is 20.9. The lowest BCUT2D eigenvalue weighted by molar-refractivity contribution is 0.0526. The second kappa shape index (κ2) is 12.7. The van der Waals surface area contributed by atoms with Crippen molar-refractivity contribution >= 4 is 17.7 Å². The summed E-state index contributed by atoms with van der Waals surface area (Å²) in [5.74, 6) is 0.605. The fourth-order valence-electron chi connectivity index (χ4n) is 2.16. The minimum absolute atomic E-state index is 0.341. The number of rotatable bonds is 5. The van der Waals surface area contributed by atoms with Crippen LogP contribution in [0.1, 0.15) is 45.0 Å². The molecule has 1 aromatic heterocycles. The Hall–Kier alpha value is -2.60. The van der Waals surface area contributed by atoms with Gasteiger partial charge >= 0.3 is 5.97 Å². The van der Waals surface area contributed by atoms with Crippen molar-refractivity contribution in [1.82, 2.24) is 10.1 Å². The van der Waals surface area contributed by atoms with Crippen molar-refractivity contribution in [2.24, 2.45) is 0 Å². The van der Waals surface area contributed by atoms with Crippen LogP contribution < -0.4 is 0 Å². The Morgan fingerprint density at radius 2 is 1.54 bits per heavy atom. The van der Waals surface area contributed by atoms with Crippen molar-refractivity contribution in [2.75, 3.05) is 12.9 Å². The molecular weight excluding hydrogens is 372 g/mol. The summed E-state index contributed by atoms with van der Waals surface area (Å²) in [5, 5.41) is 4.01. The molecule has 2 aromatic carbocycles. The topological polar surface area (TPSA) is 65.2 Å². The van der Waals surface area contributed by atoms with Gasteiger partial charge in [-0.3, -0.25) is 0 Å². The molecule has 0 aliphatic rings. The maximum absolute atomic E-state index is 11.7. The summed E-state index contributed by atoms with van der Waals surface area (Å²) in [6.07, 6.45) is 2.03. The quantitative estimate of drug-likeness (QED) is 0.367. The van der Waals surface area contributed by atoms with Crippen LogP contribution in [0.15, 0.2) is 57.9 Å². The number of hydrogen-bond acceptors (Lipinski definition) is 6. The van der Waals surface area contributed by atoms with Crippen LogP contribution in [0.25, 0.3) is 22.8 Å². The van der Waals surface area contributed by atoms with Gasteiger partial charge in [0.05, 0.1) is 12.2 Å². The first-order valence-corrected chi connectivity index (χ1v) is 10.7. The molecule has 0 fully saturated rings. The Bertz CT molecular complexity index is 828. The molecule has 0 unspecified atom stereocenters. The van der Waals surface area contributed by atoms with Crippen molar-refractivity contribution in [1.29, 1.82) is 0 Å². The number of esters is 1. The average molecular weight is 401 g/mol. The SMILES string of the molecule is CC.CC.CCOC(=O)c1ccc(-c2noc(-c3ccc(SC)cc3)n2)cc1. The lowest BCUT2D eigenvalue weighted by Crippen LogP contribution is -2.04. The smallest absolute Gasteiger partial charge is 0.338 e. The highest BCUT2D eigenvalue weighted by Gasteiger charge is 2.12. The molecule has 0 atom stereocenters. The van der Waals surface area contributed by atoms with Crippen LogP contribution in [0.5, 0.6) is 0 Å². The predicted molar refractivity (Wildman–Crippen MR) is 116 cm³/mol. The Balaban J connectivity index is 0.000000921. The first kappa shape index (κ1) is 23.4. The van der Waals surface area contributed by atoms with E-state index in [0.29, 0.717) is 23.9 Å². The van der Waals surface area contributed by atoms with Crippen LogP contribution >= 0.6 is 11.8 Å². The molecule has 6 heteroatoms. The van der Waals surface area contributed by atoms with Crippen LogP contribution in [0.4, 0.5) is 0 Å². The third-order valence-electron chi connectivity index (χ3n) is 3.42. The normalized spacial score (nSPS) is 9.50. The molecule has 0 aliphatic carbocycles. The Morgan fingerprint density at radius 3 is 2.07 bits per heavy atom. The van der Waals surface area contributed by atoms with E-state index in [0.717, 1.165) is 11.1 Å². The lowest BCUT2D eigenvalue weighted by atomic mass is 10.1. The summed E-state index contributed by atoms with van der Waals surface area (Å²) in [6, 6.07) is 14.9. The summed E-state index contributed by atoms with van der Waals surface area (Å²) in [7, 11) is 0. The van der Waals surface area contributed by atoms with E-state index in [9.17, 15) is 4.79 Å². The van der Waals surface area contributed by atoms with E-state index >= 15 is 0 Å². The third kappa shape index (κ3) is 6.23. The lowest BCUT2D eigenvalue weighted by Gasteiger charge is -2.01. The third-order valence-corrected chi connectivity index (χ3v) is 4.16. The molecule has 0 N–H and O–H groups in total. The van der Waals surface area contributed by atoms with E-state index in [2.05, 4.69) is 10.1 Å². The van der Waals surface area contributed by atoms with E-state index in [1.54, 1.807) is 43.0 Å². The van der Waals surface area contributed by atoms with Gasteiger partial charge in [-0.2, -0.15) is 4.98 Å². The molecule has 150 valence electrons. The summed E-state index contributed by atoms with van der Waals surface area (Å²) >= 11 is 1.68. The number of carbonyl (C=O) groups excluding carboxylic acids is 1. The van der Waals surface area contributed by atoms with Gasteiger partial charge in [0.15, 0.2) is 0 Å². The molecular formula is C22H28N2O3S. The minimum Gasteiger partial charge on any atom is -0.462 e. The van der Waals surface area contributed by atoms with Crippen LogP contribution in [-0.4, -0.2) is 29.0 Å². The van der Waals surface area contributed by atoms with E-state index in [1.165, 1.54) is 4.90 Å². The van der Waals surface area contributed by atoms with Crippen LogP contribution in [-0.2, 0) is 4.74 Å². The minimum atomic E-state index is -0.341. The van der Waals surface area contributed by atoms with Gasteiger partial charge in [-0.15, -0.1) is 11.8 Å². The molecule has 0 amide bonds. The van der Waals surface area contributed by atoms with Gasteiger partial charge in [0.25, 0.3) is 5.89 Å². The number of benzene rings is 2. The molecule has 1 heterocycles. The largest absolute Gasteiger partial charge is 0.462 e. The van der Waals surface area contributed by atoms with E-state index in [-0.39, 0.29) is 5.97 Å². The molecule has 0 aliphatic heterocycles. The fourth-order valence-corrected chi connectivity index (χ4v) is 2.57. The summed E-state index contributed by atoms with van der Waals surface area (Å²) in [4.78, 5) is 17.3. The highest BCUT2D eigenvalue weighted by Crippen LogP contribution is 2.24. The van der Waals surface area contributed by atoms with Gasteiger partial charge in [0, 0.05) is 16.0 Å². The first-order valence-electron chi connectivity index (χ1n) is 9.47. The zero-order valence-corrected chi connectivity index (χ0v) is 18.2. The molecule has 0 spiro atoms. The molecule has 0 bridgehead atoms. The van der Waals surface area contributed by atoms with Gasteiger partial charge in [0.1, 0.15) is 0 Å². The summed E-state index contributed by atoms with van der Waals surface area (Å²) in [5.41, 5.74) is 2.14. The maximum atomic E-state index is 11.7. The first-order chi connectivity index (χ1) is 13.7. The molecule has 3 aromatic rings. The Kier molecular flexibility index (Phi) is 10.7. The van der Waals surface area contributed by atoms with Crippen LogP contribution in [0, 0.1) is 0 Å². The highest BCUT2D eigenvalue weighted by molar-refractivity contribution is 7.98. The second-order valence-corrected chi connectivity index (χ2v) is 5.83. The predicted octanol–water partition coefficient (Wildman–Crippen LogP) is 6.35. The van der Waals surface area contributed by atoms with Gasteiger partial charge < -0.3 is 9.26 Å². The molecule has 5 nitrogen and oxygen atoms in total. The fraction of sp³-hybridized carbons (Fsp3) is 0.318. The molecule has 3 rings (SSSR count). The van der Waals surface area contributed by atoms with Crippen LogP contribution in [0.2, 0.25) is 0 Å². The highest BCUT2D eigenvalue weighted by atomic mass is 32.2.